The normalized spacial score (nSPS) is 12.6. The maximum Gasteiger partial charge on any atom is 0.156 e. The van der Waals surface area contributed by atoms with Crippen LogP contribution < -0.4 is 5.32 Å². The third kappa shape index (κ3) is 3.01. The van der Waals surface area contributed by atoms with E-state index in [0.29, 0.717) is 16.9 Å². The van der Waals surface area contributed by atoms with Gasteiger partial charge in [-0.25, -0.2) is 4.39 Å². The van der Waals surface area contributed by atoms with Crippen molar-refractivity contribution < 1.29 is 14.6 Å². The molecule has 2 aromatic heterocycles. The first-order valence-electron chi connectivity index (χ1n) is 8.12. The summed E-state index contributed by atoms with van der Waals surface area (Å²) >= 11 is 1.36. The molecule has 5 nitrogen and oxygen atoms in total. The molecule has 2 aromatic carbocycles. The largest absolute Gasteiger partial charge is 0.394 e. The van der Waals surface area contributed by atoms with Crippen LogP contribution in [0.1, 0.15) is 0 Å². The van der Waals surface area contributed by atoms with Gasteiger partial charge in [0.15, 0.2) is 5.82 Å². The third-order valence-corrected chi connectivity index (χ3v) is 5.12. The molecule has 0 amide bonds. The maximum absolute atomic E-state index is 13.7. The summed E-state index contributed by atoms with van der Waals surface area (Å²) < 4.78 is 14.6. The second kappa shape index (κ2) is 6.95. The van der Waals surface area contributed by atoms with Crippen molar-refractivity contribution in [3.8, 4) is 11.3 Å². The molecule has 7 heteroatoms. The van der Waals surface area contributed by atoms with Gasteiger partial charge in [-0.05, 0) is 12.1 Å². The Bertz CT molecular complexity index is 1080. The summed E-state index contributed by atoms with van der Waals surface area (Å²) in [6.45, 7) is -0.150. The molecular weight excluding hydrogens is 353 g/mol. The summed E-state index contributed by atoms with van der Waals surface area (Å²) in [6, 6.07) is 13.2. The van der Waals surface area contributed by atoms with Gasteiger partial charge in [0.05, 0.1) is 12.7 Å². The van der Waals surface area contributed by atoms with E-state index in [2.05, 4.69) is 15.5 Å². The molecule has 0 aliphatic heterocycles. The van der Waals surface area contributed by atoms with Crippen LogP contribution in [-0.4, -0.2) is 39.7 Å². The van der Waals surface area contributed by atoms with Crippen LogP contribution in [0.5, 0.6) is 0 Å². The average Bonchev–Trinajstić information content (AvgIpc) is 3.06. The predicted octanol–water partition coefficient (Wildman–Crippen LogP) is 3.42. The number of rotatable bonds is 5. The van der Waals surface area contributed by atoms with E-state index in [1.54, 1.807) is 6.07 Å². The molecule has 4 aromatic rings. The van der Waals surface area contributed by atoms with Gasteiger partial charge in [0.1, 0.15) is 11.5 Å². The summed E-state index contributed by atoms with van der Waals surface area (Å²) in [5.74, 6) is 0.328. The van der Waals surface area contributed by atoms with Gasteiger partial charge in [0, 0.05) is 38.3 Å². The number of anilines is 1. The molecule has 0 bridgehead atoms. The van der Waals surface area contributed by atoms with Crippen molar-refractivity contribution in [3.05, 3.63) is 53.7 Å². The quantitative estimate of drug-likeness (QED) is 0.502. The first kappa shape index (κ1) is 16.8. The Morgan fingerprint density at radius 1 is 1.08 bits per heavy atom. The number of hydrogen-bond donors (Lipinski definition) is 3. The Labute approximate surface area is 152 Å². The maximum atomic E-state index is 13.7. The third-order valence-electron chi connectivity index (χ3n) is 4.20. The van der Waals surface area contributed by atoms with Crippen LogP contribution in [0.25, 0.3) is 32.1 Å². The van der Waals surface area contributed by atoms with Crippen molar-refractivity contribution in [2.75, 3.05) is 18.5 Å². The number of aromatic nitrogens is 2. The Hall–Kier alpha value is -2.61. The molecule has 0 saturated heterocycles. The lowest BCUT2D eigenvalue weighted by Gasteiger charge is -2.13. The lowest BCUT2D eigenvalue weighted by Crippen LogP contribution is -2.23. The number of aliphatic hydroxyl groups excluding tert-OH is 2. The second-order valence-corrected chi connectivity index (χ2v) is 6.87. The van der Waals surface area contributed by atoms with E-state index in [1.165, 1.54) is 16.7 Å². The Morgan fingerprint density at radius 2 is 1.88 bits per heavy atom. The van der Waals surface area contributed by atoms with Gasteiger partial charge < -0.3 is 15.5 Å². The number of nitrogens with one attached hydrogen (secondary N) is 1. The minimum absolute atomic E-state index is 0.176. The molecule has 3 N–H and O–H groups in total. The van der Waals surface area contributed by atoms with Crippen LogP contribution >= 0.6 is 11.3 Å². The van der Waals surface area contributed by atoms with Crippen molar-refractivity contribution in [2.24, 2.45) is 0 Å². The predicted molar refractivity (Wildman–Crippen MR) is 102 cm³/mol. The van der Waals surface area contributed by atoms with Gasteiger partial charge in [-0.2, -0.15) is 0 Å². The van der Waals surface area contributed by atoms with Crippen molar-refractivity contribution >= 4 is 38.0 Å². The van der Waals surface area contributed by atoms with Gasteiger partial charge in [-0.1, -0.05) is 30.3 Å². The summed E-state index contributed by atoms with van der Waals surface area (Å²) in [7, 11) is 0. The fraction of sp³-hybridized carbons (Fsp3) is 0.158. The van der Waals surface area contributed by atoms with Crippen molar-refractivity contribution in [1.29, 1.82) is 0 Å². The molecule has 0 saturated carbocycles. The van der Waals surface area contributed by atoms with E-state index in [-0.39, 0.29) is 19.0 Å². The minimum Gasteiger partial charge on any atom is -0.394 e. The summed E-state index contributed by atoms with van der Waals surface area (Å²) in [6.07, 6.45) is -0.869. The Morgan fingerprint density at radius 3 is 2.69 bits per heavy atom. The van der Waals surface area contributed by atoms with Crippen LogP contribution in [0.15, 0.2) is 47.8 Å². The zero-order valence-corrected chi connectivity index (χ0v) is 14.5. The highest BCUT2D eigenvalue weighted by Crippen LogP contribution is 2.33. The molecule has 0 aliphatic carbocycles. The summed E-state index contributed by atoms with van der Waals surface area (Å²) in [5, 5.41) is 34.0. The standard InChI is InChI=1S/C19H16FN3O2S/c20-16-10-26-17-7-11(5-6-15(16)17)18-13-3-1-2-4-14(13)19(23-22-18)21-8-12(25)9-24/h1-7,10,12,24-25H,8-9H2,(H,21,23)/t12-/m0/s1. The minimum atomic E-state index is -0.869. The fourth-order valence-corrected chi connectivity index (χ4v) is 3.71. The topological polar surface area (TPSA) is 78.3 Å². The molecule has 0 aliphatic rings. The average molecular weight is 369 g/mol. The van der Waals surface area contributed by atoms with Crippen molar-refractivity contribution in [3.63, 3.8) is 0 Å². The second-order valence-electron chi connectivity index (χ2n) is 5.95. The van der Waals surface area contributed by atoms with Crippen LogP contribution in [0.3, 0.4) is 0 Å². The zero-order valence-electron chi connectivity index (χ0n) is 13.7. The summed E-state index contributed by atoms with van der Waals surface area (Å²) in [4.78, 5) is 0. The molecule has 0 unspecified atom stereocenters. The lowest BCUT2D eigenvalue weighted by molar-refractivity contribution is 0.105. The SMILES string of the molecule is OC[C@@H](O)CNc1nnc(-c2ccc3c(F)csc3c2)c2ccccc12. The Balaban J connectivity index is 1.80. The van der Waals surface area contributed by atoms with Crippen molar-refractivity contribution in [1.82, 2.24) is 10.2 Å². The number of halogens is 1. The molecule has 26 heavy (non-hydrogen) atoms. The highest BCUT2D eigenvalue weighted by Gasteiger charge is 2.13. The van der Waals surface area contributed by atoms with Gasteiger partial charge in [-0.3, -0.25) is 0 Å². The van der Waals surface area contributed by atoms with E-state index < -0.39 is 6.10 Å². The summed E-state index contributed by atoms with van der Waals surface area (Å²) in [5.41, 5.74) is 1.58. The highest BCUT2D eigenvalue weighted by molar-refractivity contribution is 7.17. The number of aliphatic hydroxyl groups is 2. The monoisotopic (exact) mass is 369 g/mol. The number of fused-ring (bicyclic) bond motifs is 2. The van der Waals surface area contributed by atoms with Crippen LogP contribution in [0.2, 0.25) is 0 Å². The van der Waals surface area contributed by atoms with Crippen molar-refractivity contribution in [2.45, 2.75) is 6.10 Å². The number of nitrogens with zero attached hydrogens (tertiary/aromatic N) is 2. The van der Waals surface area contributed by atoms with Gasteiger partial charge >= 0.3 is 0 Å². The van der Waals surface area contributed by atoms with Gasteiger partial charge in [0.2, 0.25) is 0 Å². The van der Waals surface area contributed by atoms with E-state index >= 15 is 0 Å². The molecule has 132 valence electrons. The number of hydrogen-bond acceptors (Lipinski definition) is 6. The molecule has 0 radical (unpaired) electrons. The van der Waals surface area contributed by atoms with Gasteiger partial charge in [0.25, 0.3) is 0 Å². The fourth-order valence-electron chi connectivity index (χ4n) is 2.87. The van der Waals surface area contributed by atoms with E-state index in [4.69, 9.17) is 5.11 Å². The number of thiophene rings is 1. The molecule has 1 atom stereocenters. The Kier molecular flexibility index (Phi) is 4.50. The van der Waals surface area contributed by atoms with E-state index in [9.17, 15) is 9.50 Å². The van der Waals surface area contributed by atoms with E-state index in [0.717, 1.165) is 21.0 Å². The lowest BCUT2D eigenvalue weighted by atomic mass is 10.0. The van der Waals surface area contributed by atoms with E-state index in [1.807, 2.05) is 36.4 Å². The highest BCUT2D eigenvalue weighted by atomic mass is 32.1. The molecule has 0 spiro atoms. The molecule has 4 rings (SSSR count). The zero-order chi connectivity index (χ0) is 18.1. The molecular formula is C19H16FN3O2S. The van der Waals surface area contributed by atoms with Crippen LogP contribution in [-0.2, 0) is 0 Å². The van der Waals surface area contributed by atoms with Gasteiger partial charge in [-0.15, -0.1) is 21.5 Å². The first-order valence-corrected chi connectivity index (χ1v) is 9.00. The van der Waals surface area contributed by atoms with Crippen LogP contribution in [0.4, 0.5) is 10.2 Å². The molecule has 2 heterocycles. The first-order chi connectivity index (χ1) is 12.7. The van der Waals surface area contributed by atoms with Crippen LogP contribution in [0, 0.1) is 5.82 Å². The number of benzene rings is 2. The smallest absolute Gasteiger partial charge is 0.156 e. The molecule has 0 fully saturated rings.